The maximum absolute atomic E-state index is 10.2. The Morgan fingerprint density at radius 1 is 1.54 bits per heavy atom. The van der Waals surface area contributed by atoms with Crippen molar-refractivity contribution in [2.75, 3.05) is 6.54 Å². The topological polar surface area (TPSA) is 61.7 Å². The summed E-state index contributed by atoms with van der Waals surface area (Å²) in [5.74, 6) is -0.692. The van der Waals surface area contributed by atoms with E-state index >= 15 is 0 Å². The van der Waals surface area contributed by atoms with Gasteiger partial charge in [0.25, 0.3) is 0 Å². The number of hydrogen-bond acceptors (Lipinski definition) is 3. The highest BCUT2D eigenvalue weighted by Crippen LogP contribution is 2.07. The lowest BCUT2D eigenvalue weighted by atomic mass is 10.1. The summed E-state index contributed by atoms with van der Waals surface area (Å²) in [7, 11) is 0. The largest absolute Gasteiger partial charge is 0.481 e. The first-order chi connectivity index (χ1) is 6.29. The monoisotopic (exact) mass is 184 g/mol. The van der Waals surface area contributed by atoms with Crippen LogP contribution in [-0.2, 0) is 4.79 Å². The second-order valence-electron chi connectivity index (χ2n) is 3.35. The molecule has 1 atom stereocenters. The van der Waals surface area contributed by atoms with Gasteiger partial charge in [-0.1, -0.05) is 12.8 Å². The number of carbonyl (C=O) groups is 1. The molecule has 1 unspecified atom stereocenters. The number of aliphatic imine (C=N–C) groups is 1. The second kappa shape index (κ2) is 5.56. The first-order valence-corrected chi connectivity index (χ1v) is 4.75. The van der Waals surface area contributed by atoms with Gasteiger partial charge in [0.15, 0.2) is 0 Å². The Hall–Kier alpha value is -1.06. The van der Waals surface area contributed by atoms with Crippen molar-refractivity contribution in [3.63, 3.8) is 0 Å². The molecular weight excluding hydrogens is 168 g/mol. The van der Waals surface area contributed by atoms with Gasteiger partial charge in [0.1, 0.15) is 0 Å². The average Bonchev–Trinajstić information content (AvgIpc) is 2.55. The number of unbranched alkanes of at least 4 members (excludes halogenated alkanes) is 2. The van der Waals surface area contributed by atoms with Crippen molar-refractivity contribution in [3.05, 3.63) is 0 Å². The molecule has 74 valence electrons. The fourth-order valence-electron chi connectivity index (χ4n) is 1.41. The van der Waals surface area contributed by atoms with Crippen molar-refractivity contribution in [2.24, 2.45) is 4.99 Å². The zero-order valence-electron chi connectivity index (χ0n) is 7.70. The molecule has 4 heteroatoms. The van der Waals surface area contributed by atoms with Crippen LogP contribution in [0.15, 0.2) is 4.99 Å². The van der Waals surface area contributed by atoms with E-state index in [2.05, 4.69) is 10.3 Å². The van der Waals surface area contributed by atoms with Gasteiger partial charge in [0.2, 0.25) is 0 Å². The van der Waals surface area contributed by atoms with Crippen LogP contribution in [0.4, 0.5) is 0 Å². The Balaban J connectivity index is 1.86. The smallest absolute Gasteiger partial charge is 0.303 e. The Kier molecular flexibility index (Phi) is 4.29. The molecule has 0 radical (unpaired) electrons. The molecule has 0 aromatic rings. The molecule has 0 fully saturated rings. The van der Waals surface area contributed by atoms with Crippen molar-refractivity contribution < 1.29 is 9.90 Å². The fraction of sp³-hybridized carbons (Fsp3) is 0.778. The summed E-state index contributed by atoms with van der Waals surface area (Å²) in [5, 5.41) is 11.5. The third-order valence-electron chi connectivity index (χ3n) is 2.17. The van der Waals surface area contributed by atoms with E-state index in [1.807, 2.05) is 0 Å². The zero-order valence-corrected chi connectivity index (χ0v) is 7.70. The third-order valence-corrected chi connectivity index (χ3v) is 2.17. The summed E-state index contributed by atoms with van der Waals surface area (Å²) < 4.78 is 0. The molecule has 4 nitrogen and oxygen atoms in total. The summed E-state index contributed by atoms with van der Waals surface area (Å²) in [6.45, 7) is 0.874. The van der Waals surface area contributed by atoms with Crippen LogP contribution in [0.2, 0.25) is 0 Å². The van der Waals surface area contributed by atoms with Crippen LogP contribution >= 0.6 is 0 Å². The van der Waals surface area contributed by atoms with Crippen LogP contribution in [0, 0.1) is 0 Å². The highest BCUT2D eigenvalue weighted by molar-refractivity contribution is 5.66. The second-order valence-corrected chi connectivity index (χ2v) is 3.35. The van der Waals surface area contributed by atoms with Crippen molar-refractivity contribution in [2.45, 2.75) is 38.1 Å². The number of nitrogens with one attached hydrogen (secondary N) is 1. The third kappa shape index (κ3) is 4.50. The lowest BCUT2D eigenvalue weighted by Gasteiger charge is -2.07. The first kappa shape index (κ1) is 10.0. The molecule has 1 aliphatic heterocycles. The summed E-state index contributed by atoms with van der Waals surface area (Å²) >= 11 is 0. The summed E-state index contributed by atoms with van der Waals surface area (Å²) in [6.07, 6.45) is 6.04. The molecule has 0 aromatic heterocycles. The van der Waals surface area contributed by atoms with Gasteiger partial charge < -0.3 is 10.4 Å². The Bertz CT molecular complexity index is 184. The van der Waals surface area contributed by atoms with Gasteiger partial charge in [-0.3, -0.25) is 9.79 Å². The zero-order chi connectivity index (χ0) is 9.52. The number of aliphatic carboxylic acids is 1. The van der Waals surface area contributed by atoms with Crippen LogP contribution in [0.25, 0.3) is 0 Å². The van der Waals surface area contributed by atoms with Crippen molar-refractivity contribution in [1.82, 2.24) is 5.32 Å². The van der Waals surface area contributed by atoms with Crippen molar-refractivity contribution >= 4 is 12.3 Å². The quantitative estimate of drug-likeness (QED) is 0.606. The van der Waals surface area contributed by atoms with Gasteiger partial charge in [-0.2, -0.15) is 0 Å². The molecule has 0 aromatic carbocycles. The molecule has 1 heterocycles. The standard InChI is InChI=1S/C9H16N2O2/c12-9(13)5-3-1-2-4-8-6-10-7-11-8/h7-8H,1-6H2,(H,10,11)(H,12,13). The van der Waals surface area contributed by atoms with E-state index in [0.717, 1.165) is 32.2 Å². The van der Waals surface area contributed by atoms with Gasteiger partial charge in [-0.25, -0.2) is 0 Å². The average molecular weight is 184 g/mol. The van der Waals surface area contributed by atoms with E-state index in [-0.39, 0.29) is 0 Å². The van der Waals surface area contributed by atoms with E-state index in [9.17, 15) is 4.79 Å². The van der Waals surface area contributed by atoms with Crippen LogP contribution < -0.4 is 5.32 Å². The van der Waals surface area contributed by atoms with Crippen molar-refractivity contribution in [1.29, 1.82) is 0 Å². The van der Waals surface area contributed by atoms with Gasteiger partial charge in [-0.05, 0) is 12.8 Å². The van der Waals surface area contributed by atoms with E-state index in [1.54, 1.807) is 6.34 Å². The number of rotatable bonds is 6. The predicted octanol–water partition coefficient (Wildman–Crippen LogP) is 1.02. The minimum absolute atomic E-state index is 0.300. The summed E-state index contributed by atoms with van der Waals surface area (Å²) in [4.78, 5) is 14.2. The molecule has 0 amide bonds. The number of carboxylic acids is 1. The summed E-state index contributed by atoms with van der Waals surface area (Å²) in [5.41, 5.74) is 0. The van der Waals surface area contributed by atoms with E-state index < -0.39 is 5.97 Å². The van der Waals surface area contributed by atoms with Crippen LogP contribution in [0.1, 0.15) is 32.1 Å². The Morgan fingerprint density at radius 2 is 2.38 bits per heavy atom. The van der Waals surface area contributed by atoms with Crippen molar-refractivity contribution in [3.8, 4) is 0 Å². The Labute approximate surface area is 78.1 Å². The SMILES string of the molecule is O=C(O)CCCCCC1CN=CN1. The fourth-order valence-corrected chi connectivity index (χ4v) is 1.41. The number of nitrogens with zero attached hydrogens (tertiary/aromatic N) is 1. The highest BCUT2D eigenvalue weighted by Gasteiger charge is 2.08. The molecular formula is C9H16N2O2. The van der Waals surface area contributed by atoms with E-state index in [0.29, 0.717) is 12.5 Å². The lowest BCUT2D eigenvalue weighted by molar-refractivity contribution is -0.137. The van der Waals surface area contributed by atoms with E-state index in [4.69, 9.17) is 5.11 Å². The number of hydrogen-bond donors (Lipinski definition) is 2. The van der Waals surface area contributed by atoms with Gasteiger partial charge in [0.05, 0.1) is 12.9 Å². The molecule has 0 saturated heterocycles. The van der Waals surface area contributed by atoms with Gasteiger partial charge in [-0.15, -0.1) is 0 Å². The van der Waals surface area contributed by atoms with Crippen LogP contribution in [0.5, 0.6) is 0 Å². The molecule has 2 N–H and O–H groups in total. The lowest BCUT2D eigenvalue weighted by Crippen LogP contribution is -2.24. The summed E-state index contributed by atoms with van der Waals surface area (Å²) in [6, 6.07) is 0.491. The van der Waals surface area contributed by atoms with Gasteiger partial charge >= 0.3 is 5.97 Å². The molecule has 1 aliphatic rings. The molecule has 13 heavy (non-hydrogen) atoms. The molecule has 0 spiro atoms. The first-order valence-electron chi connectivity index (χ1n) is 4.75. The highest BCUT2D eigenvalue weighted by atomic mass is 16.4. The minimum atomic E-state index is -0.692. The maximum atomic E-state index is 10.2. The predicted molar refractivity (Wildman–Crippen MR) is 51.0 cm³/mol. The molecule has 1 rings (SSSR count). The Morgan fingerprint density at radius 3 is 3.00 bits per heavy atom. The molecule has 0 bridgehead atoms. The normalized spacial score (nSPS) is 20.2. The van der Waals surface area contributed by atoms with Gasteiger partial charge in [0, 0.05) is 12.5 Å². The number of carboxylic acid groups (broad SMARTS) is 1. The van der Waals surface area contributed by atoms with Crippen LogP contribution in [-0.4, -0.2) is 30.0 Å². The minimum Gasteiger partial charge on any atom is -0.481 e. The van der Waals surface area contributed by atoms with E-state index in [1.165, 1.54) is 0 Å². The van der Waals surface area contributed by atoms with Crippen LogP contribution in [0.3, 0.4) is 0 Å². The maximum Gasteiger partial charge on any atom is 0.303 e. The molecule has 0 aliphatic carbocycles. The molecule has 0 saturated carbocycles.